The molecule has 3 aromatic rings. The van der Waals surface area contributed by atoms with Crippen LogP contribution in [0.3, 0.4) is 0 Å². The lowest BCUT2D eigenvalue weighted by molar-refractivity contribution is -0.895. The van der Waals surface area contributed by atoms with E-state index >= 15 is 0 Å². The van der Waals surface area contributed by atoms with Gasteiger partial charge in [-0.2, -0.15) is 0 Å². The van der Waals surface area contributed by atoms with E-state index in [-0.39, 0.29) is 18.9 Å². The van der Waals surface area contributed by atoms with Crippen LogP contribution in [0.15, 0.2) is 42.5 Å². The molecular formula is C24H22N3O5S+. The number of thiophene rings is 1. The number of amides is 1. The second-order valence-electron chi connectivity index (χ2n) is 8.42. The molecule has 2 atom stereocenters. The summed E-state index contributed by atoms with van der Waals surface area (Å²) >= 11 is 1.68. The number of fused-ring (bicyclic) bond motifs is 4. The van der Waals surface area contributed by atoms with Gasteiger partial charge in [0.1, 0.15) is 23.5 Å². The molecule has 3 aliphatic rings. The quantitative estimate of drug-likeness (QED) is 0.407. The van der Waals surface area contributed by atoms with Crippen molar-refractivity contribution in [3.8, 4) is 17.2 Å². The third kappa shape index (κ3) is 3.59. The number of benzene rings is 2. The highest BCUT2D eigenvalue weighted by molar-refractivity contribution is 7.16. The first-order valence-electron chi connectivity index (χ1n) is 10.8. The van der Waals surface area contributed by atoms with Gasteiger partial charge < -0.3 is 29.7 Å². The first kappa shape index (κ1) is 20.1. The molecule has 1 aromatic heterocycles. The van der Waals surface area contributed by atoms with Crippen LogP contribution in [-0.4, -0.2) is 32.3 Å². The Kier molecular flexibility index (Phi) is 4.74. The topological polar surface area (TPSA) is 90.3 Å². The van der Waals surface area contributed by atoms with Gasteiger partial charge in [0.05, 0.1) is 29.6 Å². The number of hydrogen-bond donors (Lipinski definition) is 3. The minimum absolute atomic E-state index is 0.0379. The molecule has 9 heteroatoms. The van der Waals surface area contributed by atoms with E-state index in [0.717, 1.165) is 35.6 Å². The lowest BCUT2D eigenvalue weighted by Crippen LogP contribution is -3.08. The standard InChI is InChI=1S/C24H21N3O5S/c1-27-9-8-16-19(11-27)33-23-20(16)22(28)25-21(26-23)13-2-5-15(6-3-13)32-24(29)14-4-7-17-18(10-14)31-12-30-17/h2-7,10,21,26H,8-9,11-12H2,1H3,(H,25,28)/p+1/t21-/m0/s1. The summed E-state index contributed by atoms with van der Waals surface area (Å²) in [5, 5.41) is 7.46. The number of carbonyl (C=O) groups excluding carboxylic acids is 2. The van der Waals surface area contributed by atoms with Gasteiger partial charge in [-0.15, -0.1) is 11.3 Å². The van der Waals surface area contributed by atoms with Crippen molar-refractivity contribution in [2.24, 2.45) is 0 Å². The van der Waals surface area contributed by atoms with Gasteiger partial charge in [-0.3, -0.25) is 4.79 Å². The van der Waals surface area contributed by atoms with Gasteiger partial charge in [-0.05, 0) is 41.5 Å². The van der Waals surface area contributed by atoms with Crippen molar-refractivity contribution in [2.45, 2.75) is 19.1 Å². The number of ether oxygens (including phenoxy) is 3. The van der Waals surface area contributed by atoms with Gasteiger partial charge in [0.15, 0.2) is 11.5 Å². The summed E-state index contributed by atoms with van der Waals surface area (Å²) < 4.78 is 16.1. The van der Waals surface area contributed by atoms with Crippen LogP contribution in [-0.2, 0) is 13.0 Å². The normalized spacial score (nSPS) is 20.3. The molecule has 0 saturated carbocycles. The molecule has 33 heavy (non-hydrogen) atoms. The molecule has 0 radical (unpaired) electrons. The van der Waals surface area contributed by atoms with E-state index in [4.69, 9.17) is 14.2 Å². The second-order valence-corrected chi connectivity index (χ2v) is 9.52. The molecule has 3 aliphatic heterocycles. The number of esters is 1. The molecule has 3 N–H and O–H groups in total. The average Bonchev–Trinajstić information content (AvgIpc) is 3.42. The zero-order valence-electron chi connectivity index (χ0n) is 17.9. The van der Waals surface area contributed by atoms with E-state index in [2.05, 4.69) is 17.7 Å². The van der Waals surface area contributed by atoms with Crippen LogP contribution in [0.5, 0.6) is 17.2 Å². The predicted octanol–water partition coefficient (Wildman–Crippen LogP) is 2.12. The summed E-state index contributed by atoms with van der Waals surface area (Å²) in [5.41, 5.74) is 3.25. The van der Waals surface area contributed by atoms with Gasteiger partial charge >= 0.3 is 5.97 Å². The number of likely N-dealkylation sites (N-methyl/N-ethyl adjacent to an activating group) is 1. The van der Waals surface area contributed by atoms with E-state index < -0.39 is 5.97 Å². The number of carbonyl (C=O) groups is 2. The molecule has 0 saturated heterocycles. The molecule has 8 nitrogen and oxygen atoms in total. The van der Waals surface area contributed by atoms with Crippen LogP contribution in [0.1, 0.15) is 42.9 Å². The van der Waals surface area contributed by atoms with Crippen LogP contribution in [0.25, 0.3) is 0 Å². The highest BCUT2D eigenvalue weighted by atomic mass is 32.1. The summed E-state index contributed by atoms with van der Waals surface area (Å²) in [4.78, 5) is 28.2. The Labute approximate surface area is 194 Å². The zero-order chi connectivity index (χ0) is 22.5. The molecule has 1 amide bonds. The molecule has 4 heterocycles. The van der Waals surface area contributed by atoms with Crippen molar-refractivity contribution in [1.29, 1.82) is 0 Å². The van der Waals surface area contributed by atoms with Gasteiger partial charge in [0.25, 0.3) is 5.91 Å². The summed E-state index contributed by atoms with van der Waals surface area (Å²) in [6.45, 7) is 2.14. The van der Waals surface area contributed by atoms with Crippen molar-refractivity contribution in [1.82, 2.24) is 5.32 Å². The number of quaternary nitrogens is 1. The fourth-order valence-corrected chi connectivity index (χ4v) is 5.80. The number of rotatable bonds is 3. The third-order valence-electron chi connectivity index (χ3n) is 6.16. The highest BCUT2D eigenvalue weighted by Gasteiger charge is 2.33. The van der Waals surface area contributed by atoms with Crippen LogP contribution < -0.4 is 29.7 Å². The molecule has 2 aromatic carbocycles. The van der Waals surface area contributed by atoms with Gasteiger partial charge in [0.2, 0.25) is 6.79 Å². The summed E-state index contributed by atoms with van der Waals surface area (Å²) in [7, 11) is 2.18. The molecule has 0 aliphatic carbocycles. The molecule has 0 bridgehead atoms. The monoisotopic (exact) mass is 464 g/mol. The van der Waals surface area contributed by atoms with E-state index in [1.165, 1.54) is 15.3 Å². The van der Waals surface area contributed by atoms with Gasteiger partial charge in [-0.1, -0.05) is 12.1 Å². The maximum atomic E-state index is 12.9. The van der Waals surface area contributed by atoms with Crippen molar-refractivity contribution in [3.05, 3.63) is 69.6 Å². The molecule has 0 fully saturated rings. The van der Waals surface area contributed by atoms with E-state index in [9.17, 15) is 9.59 Å². The summed E-state index contributed by atoms with van der Waals surface area (Å²) in [5.74, 6) is 1.04. The fraction of sp³-hybridized carbons (Fsp3) is 0.250. The minimum atomic E-state index is -0.481. The molecule has 1 unspecified atom stereocenters. The molecule has 6 rings (SSSR count). The van der Waals surface area contributed by atoms with Crippen molar-refractivity contribution < 1.29 is 28.7 Å². The Bertz CT molecular complexity index is 1270. The lowest BCUT2D eigenvalue weighted by atomic mass is 10.0. The smallest absolute Gasteiger partial charge is 0.343 e. The Morgan fingerprint density at radius 2 is 1.94 bits per heavy atom. The Balaban J connectivity index is 1.17. The Morgan fingerprint density at radius 1 is 1.12 bits per heavy atom. The fourth-order valence-electron chi connectivity index (χ4n) is 4.42. The first-order chi connectivity index (χ1) is 16.0. The lowest BCUT2D eigenvalue weighted by Gasteiger charge is -2.27. The highest BCUT2D eigenvalue weighted by Crippen LogP contribution is 2.39. The maximum absolute atomic E-state index is 12.9. The average molecular weight is 465 g/mol. The Hall–Kier alpha value is -3.56. The number of hydrogen-bond acceptors (Lipinski definition) is 7. The predicted molar refractivity (Wildman–Crippen MR) is 121 cm³/mol. The summed E-state index contributed by atoms with van der Waals surface area (Å²) in [6.07, 6.45) is 0.588. The van der Waals surface area contributed by atoms with E-state index in [1.54, 1.807) is 41.7 Å². The molecule has 168 valence electrons. The van der Waals surface area contributed by atoms with Gasteiger partial charge in [0, 0.05) is 6.42 Å². The van der Waals surface area contributed by atoms with Crippen LogP contribution in [0, 0.1) is 0 Å². The second kappa shape index (κ2) is 7.79. The van der Waals surface area contributed by atoms with Crippen molar-refractivity contribution in [2.75, 3.05) is 25.7 Å². The minimum Gasteiger partial charge on any atom is -0.454 e. The van der Waals surface area contributed by atoms with Crippen LogP contribution in [0.2, 0.25) is 0 Å². The van der Waals surface area contributed by atoms with E-state index in [0.29, 0.717) is 22.8 Å². The summed E-state index contributed by atoms with van der Waals surface area (Å²) in [6, 6.07) is 12.1. The first-order valence-corrected chi connectivity index (χ1v) is 11.6. The SMILES string of the molecule is C[NH+]1CCc2c(sc3c2C(=O)N[C@H](c2ccc(OC(=O)c4ccc5c(c4)OCO5)cc2)N3)C1. The largest absolute Gasteiger partial charge is 0.454 e. The van der Waals surface area contributed by atoms with Crippen molar-refractivity contribution >= 4 is 28.2 Å². The van der Waals surface area contributed by atoms with Crippen LogP contribution >= 0.6 is 11.3 Å². The number of anilines is 1. The Morgan fingerprint density at radius 3 is 2.79 bits per heavy atom. The zero-order valence-corrected chi connectivity index (χ0v) is 18.7. The van der Waals surface area contributed by atoms with E-state index in [1.807, 2.05) is 12.1 Å². The van der Waals surface area contributed by atoms with Crippen molar-refractivity contribution in [3.63, 3.8) is 0 Å². The van der Waals surface area contributed by atoms with Crippen LogP contribution in [0.4, 0.5) is 5.00 Å². The number of nitrogens with one attached hydrogen (secondary N) is 3. The third-order valence-corrected chi connectivity index (χ3v) is 7.33. The molecule has 0 spiro atoms. The maximum Gasteiger partial charge on any atom is 0.343 e. The van der Waals surface area contributed by atoms with Gasteiger partial charge in [-0.25, -0.2) is 4.79 Å². The molecular weight excluding hydrogens is 442 g/mol.